The van der Waals surface area contributed by atoms with Crippen LogP contribution in [0, 0.1) is 17.2 Å². The van der Waals surface area contributed by atoms with Crippen LogP contribution >= 0.6 is 0 Å². The van der Waals surface area contributed by atoms with Crippen LogP contribution < -0.4 is 20.1 Å². The van der Waals surface area contributed by atoms with E-state index in [0.717, 1.165) is 32.1 Å². The van der Waals surface area contributed by atoms with Gasteiger partial charge in [-0.3, -0.25) is 9.59 Å². The summed E-state index contributed by atoms with van der Waals surface area (Å²) in [5, 5.41) is 13.8. The molecule has 0 bridgehead atoms. The fourth-order valence-corrected chi connectivity index (χ4v) is 3.27. The van der Waals surface area contributed by atoms with Crippen LogP contribution in [0.15, 0.2) is 12.1 Å². The number of amides is 2. The molecule has 0 unspecified atom stereocenters. The van der Waals surface area contributed by atoms with Crippen molar-refractivity contribution in [2.75, 3.05) is 32.7 Å². The summed E-state index contributed by atoms with van der Waals surface area (Å²) in [6, 6.07) is 4.81. The molecule has 1 saturated carbocycles. The Kier molecular flexibility index (Phi) is 8.94. The summed E-state index contributed by atoms with van der Waals surface area (Å²) >= 11 is 0. The van der Waals surface area contributed by atoms with Crippen molar-refractivity contribution in [1.82, 2.24) is 5.32 Å². The van der Waals surface area contributed by atoms with E-state index in [1.165, 1.54) is 26.4 Å². The zero-order valence-corrected chi connectivity index (χ0v) is 17.3. The largest absolute Gasteiger partial charge is 0.493 e. The van der Waals surface area contributed by atoms with Crippen LogP contribution in [0.25, 0.3) is 0 Å². The first kappa shape index (κ1) is 23.0. The van der Waals surface area contributed by atoms with E-state index < -0.39 is 18.5 Å². The summed E-state index contributed by atoms with van der Waals surface area (Å²) < 4.78 is 15.6. The number of carbonyl (C=O) groups is 3. The zero-order chi connectivity index (χ0) is 21.9. The van der Waals surface area contributed by atoms with Crippen LogP contribution in [-0.4, -0.2) is 45.2 Å². The van der Waals surface area contributed by atoms with Crippen LogP contribution in [0.5, 0.6) is 11.5 Å². The highest BCUT2D eigenvalue weighted by atomic mass is 16.5. The number of nitrogens with zero attached hydrogens (tertiary/aromatic N) is 1. The van der Waals surface area contributed by atoms with Gasteiger partial charge in [0.1, 0.15) is 0 Å². The normalized spacial score (nSPS) is 13.6. The summed E-state index contributed by atoms with van der Waals surface area (Å²) in [5.41, 5.74) is 0.291. The van der Waals surface area contributed by atoms with Gasteiger partial charge < -0.3 is 24.8 Å². The number of ether oxygens (including phenoxy) is 3. The van der Waals surface area contributed by atoms with E-state index in [0.29, 0.717) is 11.5 Å². The average Bonchev–Trinajstić information content (AvgIpc) is 2.77. The van der Waals surface area contributed by atoms with Crippen LogP contribution in [0.1, 0.15) is 48.9 Å². The van der Waals surface area contributed by atoms with Crippen molar-refractivity contribution in [1.29, 1.82) is 5.26 Å². The van der Waals surface area contributed by atoms with Crippen LogP contribution in [0.3, 0.4) is 0 Å². The third-order valence-corrected chi connectivity index (χ3v) is 4.87. The van der Waals surface area contributed by atoms with Gasteiger partial charge in [-0.2, -0.15) is 5.26 Å². The van der Waals surface area contributed by atoms with Crippen molar-refractivity contribution in [3.8, 4) is 17.6 Å². The van der Waals surface area contributed by atoms with Crippen molar-refractivity contribution < 1.29 is 28.6 Å². The molecule has 0 spiro atoms. The minimum Gasteiger partial charge on any atom is -0.493 e. The monoisotopic (exact) mass is 417 g/mol. The summed E-state index contributed by atoms with van der Waals surface area (Å²) in [7, 11) is 2.88. The molecule has 0 aromatic heterocycles. The highest BCUT2D eigenvalue weighted by Crippen LogP contribution is 2.34. The second-order valence-electron chi connectivity index (χ2n) is 6.91. The fourth-order valence-electron chi connectivity index (χ4n) is 3.27. The van der Waals surface area contributed by atoms with Gasteiger partial charge in [-0.15, -0.1) is 0 Å². The molecule has 2 amide bonds. The topological polar surface area (TPSA) is 127 Å². The molecule has 9 heteroatoms. The van der Waals surface area contributed by atoms with Gasteiger partial charge >= 0.3 is 5.97 Å². The van der Waals surface area contributed by atoms with Crippen LogP contribution in [0.4, 0.5) is 5.69 Å². The number of hydrogen-bond acceptors (Lipinski definition) is 7. The van der Waals surface area contributed by atoms with Crippen molar-refractivity contribution >= 4 is 23.5 Å². The van der Waals surface area contributed by atoms with Gasteiger partial charge in [0.2, 0.25) is 5.91 Å². The quantitative estimate of drug-likeness (QED) is 0.466. The minimum atomic E-state index is -0.787. The molecule has 0 atom stereocenters. The van der Waals surface area contributed by atoms with E-state index >= 15 is 0 Å². The zero-order valence-electron chi connectivity index (χ0n) is 17.3. The van der Waals surface area contributed by atoms with Gasteiger partial charge in [0.25, 0.3) is 5.91 Å². The van der Waals surface area contributed by atoms with Gasteiger partial charge in [-0.05, 0) is 12.8 Å². The maximum absolute atomic E-state index is 12.7. The lowest BCUT2D eigenvalue weighted by molar-refractivity contribution is -0.124. The first-order chi connectivity index (χ1) is 14.5. The molecule has 2 rings (SSSR count). The minimum absolute atomic E-state index is 0.0571. The molecule has 9 nitrogen and oxygen atoms in total. The lowest BCUT2D eigenvalue weighted by Gasteiger charge is -2.22. The number of carbonyl (C=O) groups excluding carboxylic acids is 3. The third-order valence-electron chi connectivity index (χ3n) is 4.87. The fraction of sp³-hybridized carbons (Fsp3) is 0.524. The van der Waals surface area contributed by atoms with E-state index in [1.54, 1.807) is 0 Å². The molecule has 0 saturated heterocycles. The number of anilines is 1. The first-order valence-corrected chi connectivity index (χ1v) is 9.87. The van der Waals surface area contributed by atoms with Gasteiger partial charge in [0.05, 0.1) is 38.0 Å². The molecule has 1 fully saturated rings. The second-order valence-corrected chi connectivity index (χ2v) is 6.91. The molecule has 0 heterocycles. The molecular weight excluding hydrogens is 390 g/mol. The first-order valence-electron chi connectivity index (χ1n) is 9.87. The predicted octanol–water partition coefficient (Wildman–Crippen LogP) is 2.41. The maximum atomic E-state index is 12.7. The van der Waals surface area contributed by atoms with Gasteiger partial charge in [0.15, 0.2) is 18.1 Å². The molecule has 30 heavy (non-hydrogen) atoms. The predicted molar refractivity (Wildman–Crippen MR) is 108 cm³/mol. The molecule has 0 radical (unpaired) electrons. The Morgan fingerprint density at radius 2 is 1.77 bits per heavy atom. The maximum Gasteiger partial charge on any atom is 0.340 e. The Bertz CT molecular complexity index is 812. The van der Waals surface area contributed by atoms with E-state index in [2.05, 4.69) is 10.6 Å². The van der Waals surface area contributed by atoms with Gasteiger partial charge in [0, 0.05) is 24.6 Å². The number of rotatable bonds is 9. The lowest BCUT2D eigenvalue weighted by atomic mass is 9.88. The average molecular weight is 417 g/mol. The number of methoxy groups -OCH3 is 2. The number of nitriles is 1. The number of hydrogen-bond donors (Lipinski definition) is 2. The van der Waals surface area contributed by atoms with Crippen LogP contribution in [-0.2, 0) is 14.3 Å². The van der Waals surface area contributed by atoms with Crippen molar-refractivity contribution in [3.63, 3.8) is 0 Å². The van der Waals surface area contributed by atoms with Gasteiger partial charge in [-0.1, -0.05) is 19.3 Å². The SMILES string of the molecule is COc1cc(NC(=O)C2CCCCC2)c(C(=O)OCC(=O)NCCC#N)cc1OC. The van der Waals surface area contributed by atoms with Crippen LogP contribution in [0.2, 0.25) is 0 Å². The standard InChI is InChI=1S/C21H27N3O6/c1-28-17-11-15(21(27)30-13-19(25)23-10-6-9-22)16(12-18(17)29-2)24-20(26)14-7-4-3-5-8-14/h11-12,14H,3-8,10,13H2,1-2H3,(H,23,25)(H,24,26). The van der Waals surface area contributed by atoms with Crippen molar-refractivity contribution in [2.24, 2.45) is 5.92 Å². The molecular formula is C21H27N3O6. The number of nitrogens with one attached hydrogen (secondary N) is 2. The van der Waals surface area contributed by atoms with E-state index in [9.17, 15) is 14.4 Å². The Balaban J connectivity index is 2.16. The Hall–Kier alpha value is -3.28. The highest BCUT2D eigenvalue weighted by molar-refractivity contribution is 6.03. The highest BCUT2D eigenvalue weighted by Gasteiger charge is 2.25. The molecule has 0 aliphatic heterocycles. The van der Waals surface area contributed by atoms with Crippen molar-refractivity contribution in [3.05, 3.63) is 17.7 Å². The summed E-state index contributed by atoms with van der Waals surface area (Å²) in [6.45, 7) is -0.333. The number of esters is 1. The lowest BCUT2D eigenvalue weighted by Crippen LogP contribution is -2.30. The molecule has 1 aromatic carbocycles. The molecule has 1 aliphatic carbocycles. The summed E-state index contributed by atoms with van der Waals surface area (Å²) in [4.78, 5) is 37.0. The molecule has 1 aliphatic rings. The molecule has 162 valence electrons. The smallest absolute Gasteiger partial charge is 0.340 e. The van der Waals surface area contributed by atoms with E-state index in [-0.39, 0.29) is 36.0 Å². The van der Waals surface area contributed by atoms with Crippen molar-refractivity contribution in [2.45, 2.75) is 38.5 Å². The van der Waals surface area contributed by atoms with E-state index in [1.807, 2.05) is 6.07 Å². The Morgan fingerprint density at radius 1 is 1.10 bits per heavy atom. The summed E-state index contributed by atoms with van der Waals surface area (Å²) in [5.74, 6) is -0.940. The second kappa shape index (κ2) is 11.7. The molecule has 2 N–H and O–H groups in total. The Labute approximate surface area is 175 Å². The molecule has 1 aromatic rings. The Morgan fingerprint density at radius 3 is 2.40 bits per heavy atom. The number of benzene rings is 1. The third kappa shape index (κ3) is 6.37. The van der Waals surface area contributed by atoms with E-state index in [4.69, 9.17) is 19.5 Å². The summed E-state index contributed by atoms with van der Waals surface area (Å²) in [6.07, 6.45) is 4.89. The van der Waals surface area contributed by atoms with Gasteiger partial charge in [-0.25, -0.2) is 4.79 Å².